The normalized spacial score (nSPS) is 16.1. The Morgan fingerprint density at radius 2 is 1.79 bits per heavy atom. The van der Waals surface area contributed by atoms with Gasteiger partial charge in [-0.1, -0.05) is 0 Å². The number of halogens is 1. The summed E-state index contributed by atoms with van der Waals surface area (Å²) in [6.07, 6.45) is 2.81. The molecule has 0 bridgehead atoms. The van der Waals surface area contributed by atoms with Crippen LogP contribution in [0.1, 0.15) is 47.0 Å². The summed E-state index contributed by atoms with van der Waals surface area (Å²) in [5, 5.41) is 9.40. The summed E-state index contributed by atoms with van der Waals surface area (Å²) in [7, 11) is 1.75. The molecule has 1 aliphatic heterocycles. The third-order valence-electron chi connectivity index (χ3n) is 4.48. The van der Waals surface area contributed by atoms with Gasteiger partial charge in [-0.25, -0.2) is 4.79 Å². The van der Waals surface area contributed by atoms with Crippen LogP contribution in [0.15, 0.2) is 4.99 Å². The molecule has 1 saturated heterocycles. The number of hydrogen-bond acceptors (Lipinski definition) is 5. The standard InChI is InChI=1S/C20H41N5O3.HI/c1-6-21-18(22-10-7-11-23-19(26)28-20(2,3)4)24-16-17-8-12-25(13-9-17)14-15-27-5;/h17H,6-16H2,1-5H3,(H,23,26)(H2,21,22,24);1H. The first-order valence-electron chi connectivity index (χ1n) is 10.5. The van der Waals surface area contributed by atoms with Crippen LogP contribution < -0.4 is 16.0 Å². The first-order chi connectivity index (χ1) is 13.3. The Morgan fingerprint density at radius 1 is 1.14 bits per heavy atom. The van der Waals surface area contributed by atoms with Crippen molar-refractivity contribution in [1.82, 2.24) is 20.9 Å². The Bertz CT molecular complexity index is 464. The number of nitrogens with one attached hydrogen (secondary N) is 3. The Balaban J connectivity index is 0.00000784. The highest BCUT2D eigenvalue weighted by Crippen LogP contribution is 2.17. The van der Waals surface area contributed by atoms with Crippen molar-refractivity contribution in [3.05, 3.63) is 0 Å². The number of ether oxygens (including phenoxy) is 2. The number of carbonyl (C=O) groups excluding carboxylic acids is 1. The van der Waals surface area contributed by atoms with Crippen LogP contribution in [0.4, 0.5) is 4.79 Å². The molecule has 0 saturated carbocycles. The smallest absolute Gasteiger partial charge is 0.407 e. The first-order valence-corrected chi connectivity index (χ1v) is 10.5. The first kappa shape index (κ1) is 28.2. The van der Waals surface area contributed by atoms with Crippen molar-refractivity contribution in [2.75, 3.05) is 59.5 Å². The molecule has 9 heteroatoms. The van der Waals surface area contributed by atoms with Gasteiger partial charge in [0.25, 0.3) is 0 Å². The number of alkyl carbamates (subject to hydrolysis) is 1. The highest BCUT2D eigenvalue weighted by Gasteiger charge is 2.18. The molecule has 0 aromatic rings. The van der Waals surface area contributed by atoms with E-state index in [1.54, 1.807) is 7.11 Å². The van der Waals surface area contributed by atoms with Gasteiger partial charge in [0.05, 0.1) is 6.61 Å². The Kier molecular flexibility index (Phi) is 15.5. The third kappa shape index (κ3) is 14.8. The molecule has 1 rings (SSSR count). The van der Waals surface area contributed by atoms with E-state index < -0.39 is 5.60 Å². The van der Waals surface area contributed by atoms with Crippen molar-refractivity contribution in [2.24, 2.45) is 10.9 Å². The van der Waals surface area contributed by atoms with Crippen molar-refractivity contribution in [1.29, 1.82) is 0 Å². The fraction of sp³-hybridized carbons (Fsp3) is 0.900. The summed E-state index contributed by atoms with van der Waals surface area (Å²) >= 11 is 0. The summed E-state index contributed by atoms with van der Waals surface area (Å²) in [5.74, 6) is 1.49. The number of piperidine rings is 1. The summed E-state index contributed by atoms with van der Waals surface area (Å²) in [6, 6.07) is 0. The van der Waals surface area contributed by atoms with Crippen molar-refractivity contribution in [3.8, 4) is 0 Å². The van der Waals surface area contributed by atoms with E-state index in [1.165, 1.54) is 12.8 Å². The lowest BCUT2D eigenvalue weighted by Crippen LogP contribution is -2.40. The number of methoxy groups -OCH3 is 1. The SMILES string of the molecule is CCNC(=NCC1CCN(CCOC)CC1)NCCCNC(=O)OC(C)(C)C.I. The molecular weight excluding hydrogens is 485 g/mol. The minimum absolute atomic E-state index is 0. The highest BCUT2D eigenvalue weighted by molar-refractivity contribution is 14.0. The van der Waals surface area contributed by atoms with Gasteiger partial charge in [0.1, 0.15) is 5.60 Å². The van der Waals surface area contributed by atoms with Crippen LogP contribution in [0, 0.1) is 5.92 Å². The Morgan fingerprint density at radius 3 is 2.38 bits per heavy atom. The molecule has 0 spiro atoms. The van der Waals surface area contributed by atoms with Crippen LogP contribution in [0.5, 0.6) is 0 Å². The van der Waals surface area contributed by atoms with Crippen LogP contribution in [-0.2, 0) is 9.47 Å². The van der Waals surface area contributed by atoms with Crippen molar-refractivity contribution >= 4 is 36.0 Å². The van der Waals surface area contributed by atoms with Gasteiger partial charge in [-0.2, -0.15) is 0 Å². The number of likely N-dealkylation sites (tertiary alicyclic amines) is 1. The molecular formula is C20H42IN5O3. The van der Waals surface area contributed by atoms with Gasteiger partial charge < -0.3 is 30.3 Å². The van der Waals surface area contributed by atoms with Gasteiger partial charge in [0, 0.05) is 39.8 Å². The third-order valence-corrected chi connectivity index (χ3v) is 4.48. The van der Waals surface area contributed by atoms with Gasteiger partial charge >= 0.3 is 6.09 Å². The zero-order valence-corrected chi connectivity index (χ0v) is 21.2. The zero-order valence-electron chi connectivity index (χ0n) is 18.9. The summed E-state index contributed by atoms with van der Waals surface area (Å²) in [4.78, 5) is 18.8. The van der Waals surface area contributed by atoms with Gasteiger partial charge in [-0.15, -0.1) is 24.0 Å². The predicted molar refractivity (Wildman–Crippen MR) is 129 cm³/mol. The molecule has 0 aromatic carbocycles. The Labute approximate surface area is 194 Å². The summed E-state index contributed by atoms with van der Waals surface area (Å²) < 4.78 is 10.4. The van der Waals surface area contributed by atoms with Crippen LogP contribution in [0.25, 0.3) is 0 Å². The molecule has 8 nitrogen and oxygen atoms in total. The largest absolute Gasteiger partial charge is 0.444 e. The molecule has 0 unspecified atom stereocenters. The van der Waals surface area contributed by atoms with E-state index in [0.29, 0.717) is 12.5 Å². The van der Waals surface area contributed by atoms with Crippen LogP contribution in [0.2, 0.25) is 0 Å². The molecule has 0 atom stereocenters. The van der Waals surface area contributed by atoms with Gasteiger partial charge in [0.2, 0.25) is 0 Å². The lowest BCUT2D eigenvalue weighted by atomic mass is 9.97. The second-order valence-corrected chi connectivity index (χ2v) is 8.21. The van der Waals surface area contributed by atoms with E-state index in [1.807, 2.05) is 20.8 Å². The maximum atomic E-state index is 11.6. The molecule has 0 radical (unpaired) electrons. The van der Waals surface area contributed by atoms with E-state index in [-0.39, 0.29) is 30.1 Å². The molecule has 1 fully saturated rings. The summed E-state index contributed by atoms with van der Waals surface area (Å²) in [5.41, 5.74) is -0.465. The lowest BCUT2D eigenvalue weighted by molar-refractivity contribution is 0.0527. The average Bonchev–Trinajstić information content (AvgIpc) is 2.63. The number of hydrogen-bond donors (Lipinski definition) is 3. The quantitative estimate of drug-likeness (QED) is 0.175. The van der Waals surface area contributed by atoms with Crippen LogP contribution in [0.3, 0.4) is 0 Å². The van der Waals surface area contributed by atoms with Crippen molar-refractivity contribution in [3.63, 3.8) is 0 Å². The fourth-order valence-corrected chi connectivity index (χ4v) is 2.97. The average molecular weight is 527 g/mol. The number of guanidine groups is 1. The molecule has 0 aromatic heterocycles. The molecule has 1 amide bonds. The van der Waals surface area contributed by atoms with E-state index in [4.69, 9.17) is 14.5 Å². The van der Waals surface area contributed by atoms with E-state index >= 15 is 0 Å². The molecule has 172 valence electrons. The second kappa shape index (κ2) is 16.0. The maximum absolute atomic E-state index is 11.6. The van der Waals surface area contributed by atoms with Gasteiger partial charge in [0.15, 0.2) is 5.96 Å². The van der Waals surface area contributed by atoms with Gasteiger partial charge in [-0.3, -0.25) is 4.99 Å². The monoisotopic (exact) mass is 527 g/mol. The highest BCUT2D eigenvalue weighted by atomic mass is 127. The number of aliphatic imine (C=N–C) groups is 1. The van der Waals surface area contributed by atoms with Crippen molar-refractivity contribution in [2.45, 2.75) is 52.6 Å². The second-order valence-electron chi connectivity index (χ2n) is 8.21. The zero-order chi connectivity index (χ0) is 20.8. The number of nitrogens with zero attached hydrogens (tertiary/aromatic N) is 2. The molecule has 1 aliphatic rings. The summed E-state index contributed by atoms with van der Waals surface area (Å²) in [6.45, 7) is 14.7. The van der Waals surface area contributed by atoms with Crippen LogP contribution >= 0.6 is 24.0 Å². The van der Waals surface area contributed by atoms with E-state index in [9.17, 15) is 4.79 Å². The van der Waals surface area contributed by atoms with Crippen molar-refractivity contribution < 1.29 is 14.3 Å². The number of rotatable bonds is 10. The lowest BCUT2D eigenvalue weighted by Gasteiger charge is -2.31. The number of amides is 1. The molecule has 3 N–H and O–H groups in total. The predicted octanol–water partition coefficient (Wildman–Crippen LogP) is 2.43. The Hall–Kier alpha value is -0.810. The minimum atomic E-state index is -0.465. The molecule has 29 heavy (non-hydrogen) atoms. The number of carbonyl (C=O) groups is 1. The maximum Gasteiger partial charge on any atom is 0.407 e. The topological polar surface area (TPSA) is 87.2 Å². The fourth-order valence-electron chi connectivity index (χ4n) is 2.97. The molecule has 1 heterocycles. The van der Waals surface area contributed by atoms with E-state index in [0.717, 1.165) is 58.3 Å². The minimum Gasteiger partial charge on any atom is -0.444 e. The van der Waals surface area contributed by atoms with Crippen LogP contribution in [-0.4, -0.2) is 82.1 Å². The van der Waals surface area contributed by atoms with E-state index in [2.05, 4.69) is 27.8 Å². The molecule has 0 aliphatic carbocycles. The van der Waals surface area contributed by atoms with Gasteiger partial charge in [-0.05, 0) is 66.0 Å².